The lowest BCUT2D eigenvalue weighted by Gasteiger charge is -2.07. The number of halogens is 1. The fourth-order valence-electron chi connectivity index (χ4n) is 1.23. The van der Waals surface area contributed by atoms with Gasteiger partial charge in [0.05, 0.1) is 5.56 Å². The highest BCUT2D eigenvalue weighted by molar-refractivity contribution is 6.20. The van der Waals surface area contributed by atoms with Gasteiger partial charge in [-0.1, -0.05) is 6.92 Å². The summed E-state index contributed by atoms with van der Waals surface area (Å²) >= 11 is 5.93. The molecule has 0 bridgehead atoms. The van der Waals surface area contributed by atoms with E-state index in [0.717, 1.165) is 12.8 Å². The van der Waals surface area contributed by atoms with Crippen molar-refractivity contribution in [3.05, 3.63) is 29.6 Å². The first-order chi connectivity index (χ1) is 8.17. The van der Waals surface area contributed by atoms with Crippen molar-refractivity contribution in [1.82, 2.24) is 10.3 Å². The Morgan fingerprint density at radius 1 is 1.65 bits per heavy atom. The van der Waals surface area contributed by atoms with E-state index in [-0.39, 0.29) is 11.3 Å². The molecule has 1 aromatic rings. The Morgan fingerprint density at radius 3 is 2.94 bits per heavy atom. The van der Waals surface area contributed by atoms with E-state index in [9.17, 15) is 4.79 Å². The number of hydrogen-bond acceptors (Lipinski definition) is 3. The molecular formula is C12H14ClN3O. The average Bonchev–Trinajstić information content (AvgIpc) is 2.38. The van der Waals surface area contributed by atoms with Crippen LogP contribution in [0.5, 0.6) is 0 Å². The molecule has 1 atom stereocenters. The smallest absolute Gasteiger partial charge is 0.269 e. The van der Waals surface area contributed by atoms with E-state index in [0.29, 0.717) is 17.8 Å². The van der Waals surface area contributed by atoms with Crippen LogP contribution < -0.4 is 5.32 Å². The molecule has 90 valence electrons. The van der Waals surface area contributed by atoms with Crippen molar-refractivity contribution in [3.8, 4) is 6.07 Å². The minimum Gasteiger partial charge on any atom is -0.351 e. The molecule has 1 amide bonds. The lowest BCUT2D eigenvalue weighted by Crippen LogP contribution is -2.26. The third-order valence-electron chi connectivity index (χ3n) is 2.31. The molecule has 0 aliphatic heterocycles. The molecule has 0 radical (unpaired) electrons. The predicted molar refractivity (Wildman–Crippen MR) is 65.8 cm³/mol. The molecule has 1 N–H and O–H groups in total. The van der Waals surface area contributed by atoms with E-state index >= 15 is 0 Å². The van der Waals surface area contributed by atoms with Crippen LogP contribution in [0.2, 0.25) is 0 Å². The largest absolute Gasteiger partial charge is 0.351 e. The molecular weight excluding hydrogens is 238 g/mol. The monoisotopic (exact) mass is 251 g/mol. The fourth-order valence-corrected chi connectivity index (χ4v) is 1.34. The van der Waals surface area contributed by atoms with Crippen LogP contribution in [0.15, 0.2) is 18.3 Å². The normalized spacial score (nSPS) is 11.6. The summed E-state index contributed by atoms with van der Waals surface area (Å²) in [7, 11) is 0. The summed E-state index contributed by atoms with van der Waals surface area (Å²) in [6.07, 6.45) is 3.00. The number of rotatable bonds is 5. The van der Waals surface area contributed by atoms with Crippen LogP contribution in [0.4, 0.5) is 0 Å². The van der Waals surface area contributed by atoms with Gasteiger partial charge in [-0.05, 0) is 25.0 Å². The van der Waals surface area contributed by atoms with E-state index in [1.165, 1.54) is 12.3 Å². The fraction of sp³-hybridized carbons (Fsp3) is 0.417. The quantitative estimate of drug-likeness (QED) is 0.815. The summed E-state index contributed by atoms with van der Waals surface area (Å²) in [5, 5.41) is 11.4. The Morgan fingerprint density at radius 2 is 2.41 bits per heavy atom. The summed E-state index contributed by atoms with van der Waals surface area (Å²) < 4.78 is 0. The van der Waals surface area contributed by atoms with E-state index in [4.69, 9.17) is 16.9 Å². The van der Waals surface area contributed by atoms with Gasteiger partial charge < -0.3 is 5.32 Å². The number of amides is 1. The molecule has 1 unspecified atom stereocenters. The number of hydrogen-bond donors (Lipinski definition) is 1. The van der Waals surface area contributed by atoms with Crippen molar-refractivity contribution >= 4 is 17.5 Å². The maximum Gasteiger partial charge on any atom is 0.269 e. The number of nitrogens with zero attached hydrogens (tertiary/aromatic N) is 2. The van der Waals surface area contributed by atoms with Crippen molar-refractivity contribution < 1.29 is 4.79 Å². The molecule has 0 aliphatic rings. The molecule has 1 heterocycles. The van der Waals surface area contributed by atoms with Gasteiger partial charge in [-0.2, -0.15) is 5.26 Å². The Kier molecular flexibility index (Phi) is 5.44. The number of pyridine rings is 1. The van der Waals surface area contributed by atoms with Crippen LogP contribution in [0.25, 0.3) is 0 Å². The molecule has 0 saturated heterocycles. The zero-order chi connectivity index (χ0) is 12.7. The Bertz CT molecular complexity index is 411. The van der Waals surface area contributed by atoms with Crippen LogP contribution in [0, 0.1) is 11.3 Å². The third-order valence-corrected chi connectivity index (χ3v) is 2.84. The Balaban J connectivity index is 2.44. The van der Waals surface area contributed by atoms with Crippen LogP contribution in [0.1, 0.15) is 35.8 Å². The maximum atomic E-state index is 11.6. The molecule has 0 aromatic carbocycles. The SMILES string of the molecule is CCC(Cl)CCNC(=O)c1ccc(C#N)cn1. The van der Waals surface area contributed by atoms with Gasteiger partial charge in [0, 0.05) is 18.1 Å². The van der Waals surface area contributed by atoms with Gasteiger partial charge in [0.1, 0.15) is 11.8 Å². The van der Waals surface area contributed by atoms with Gasteiger partial charge in [0.2, 0.25) is 0 Å². The highest BCUT2D eigenvalue weighted by Gasteiger charge is 2.07. The van der Waals surface area contributed by atoms with E-state index in [1.54, 1.807) is 6.07 Å². The van der Waals surface area contributed by atoms with E-state index in [2.05, 4.69) is 10.3 Å². The van der Waals surface area contributed by atoms with Crippen LogP contribution >= 0.6 is 11.6 Å². The highest BCUT2D eigenvalue weighted by Crippen LogP contribution is 2.05. The van der Waals surface area contributed by atoms with Gasteiger partial charge in [-0.25, -0.2) is 4.98 Å². The summed E-state index contributed by atoms with van der Waals surface area (Å²) in [4.78, 5) is 15.5. The Labute approximate surface area is 106 Å². The minimum atomic E-state index is -0.241. The van der Waals surface area contributed by atoms with Gasteiger partial charge >= 0.3 is 0 Å². The van der Waals surface area contributed by atoms with Crippen LogP contribution in [0.3, 0.4) is 0 Å². The second-order valence-corrected chi connectivity index (χ2v) is 4.21. The molecule has 17 heavy (non-hydrogen) atoms. The topological polar surface area (TPSA) is 65.8 Å². The van der Waals surface area contributed by atoms with Crippen molar-refractivity contribution in [2.45, 2.75) is 25.1 Å². The lowest BCUT2D eigenvalue weighted by atomic mass is 10.2. The first-order valence-electron chi connectivity index (χ1n) is 5.45. The zero-order valence-corrected chi connectivity index (χ0v) is 10.4. The standard InChI is InChI=1S/C12H14ClN3O/c1-2-10(13)5-6-15-12(17)11-4-3-9(7-14)8-16-11/h3-4,8,10H,2,5-6H2,1H3,(H,15,17). The molecule has 0 spiro atoms. The van der Waals surface area contributed by atoms with E-state index < -0.39 is 0 Å². The van der Waals surface area contributed by atoms with Gasteiger partial charge in [-0.15, -0.1) is 11.6 Å². The summed E-state index contributed by atoms with van der Waals surface area (Å²) in [6.45, 7) is 2.53. The van der Waals surface area contributed by atoms with Crippen molar-refractivity contribution in [2.75, 3.05) is 6.54 Å². The van der Waals surface area contributed by atoms with Gasteiger partial charge in [-0.3, -0.25) is 4.79 Å². The number of carbonyl (C=O) groups excluding carboxylic acids is 1. The summed E-state index contributed by atoms with van der Waals surface area (Å²) in [5.41, 5.74) is 0.750. The average molecular weight is 252 g/mol. The van der Waals surface area contributed by atoms with Gasteiger partial charge in [0.15, 0.2) is 0 Å². The zero-order valence-electron chi connectivity index (χ0n) is 9.61. The van der Waals surface area contributed by atoms with Crippen molar-refractivity contribution in [2.24, 2.45) is 0 Å². The third kappa shape index (κ3) is 4.41. The number of carbonyl (C=O) groups is 1. The number of nitriles is 1. The first kappa shape index (κ1) is 13.5. The molecule has 1 rings (SSSR count). The second-order valence-electron chi connectivity index (χ2n) is 3.59. The van der Waals surface area contributed by atoms with E-state index in [1.807, 2.05) is 13.0 Å². The van der Waals surface area contributed by atoms with Crippen molar-refractivity contribution in [3.63, 3.8) is 0 Å². The highest BCUT2D eigenvalue weighted by atomic mass is 35.5. The van der Waals surface area contributed by atoms with Crippen LogP contribution in [-0.4, -0.2) is 22.8 Å². The second kappa shape index (κ2) is 6.87. The number of nitrogens with one attached hydrogen (secondary N) is 1. The number of alkyl halides is 1. The molecule has 4 nitrogen and oxygen atoms in total. The Hall–Kier alpha value is -1.60. The minimum absolute atomic E-state index is 0.0872. The maximum absolute atomic E-state index is 11.6. The van der Waals surface area contributed by atoms with Crippen molar-refractivity contribution in [1.29, 1.82) is 5.26 Å². The summed E-state index contributed by atoms with van der Waals surface area (Å²) in [5.74, 6) is -0.241. The molecule has 0 fully saturated rings. The summed E-state index contributed by atoms with van der Waals surface area (Å²) in [6, 6.07) is 5.05. The molecule has 0 aliphatic carbocycles. The number of aromatic nitrogens is 1. The van der Waals surface area contributed by atoms with Gasteiger partial charge in [0.25, 0.3) is 5.91 Å². The van der Waals surface area contributed by atoms with Crippen LogP contribution in [-0.2, 0) is 0 Å². The molecule has 1 aromatic heterocycles. The lowest BCUT2D eigenvalue weighted by molar-refractivity contribution is 0.0948. The molecule has 0 saturated carbocycles. The predicted octanol–water partition coefficient (Wildman–Crippen LogP) is 2.09. The molecule has 5 heteroatoms. The first-order valence-corrected chi connectivity index (χ1v) is 5.89.